The molecular weight excluding hydrogens is 1280 g/mol. The average molecular weight is 1440 g/mol. The molecule has 0 bridgehead atoms. The van der Waals surface area contributed by atoms with Crippen LogP contribution in [0.4, 0.5) is 0 Å². The van der Waals surface area contributed by atoms with Gasteiger partial charge in [-0.1, -0.05) is 357 Å². The first kappa shape index (κ1) is 96.1. The minimum atomic E-state index is -4.96. The lowest BCUT2D eigenvalue weighted by atomic mass is 10.00. The third kappa shape index (κ3) is 69.8. The smallest absolute Gasteiger partial charge is 0.462 e. The Morgan fingerprint density at radius 3 is 0.776 bits per heavy atom. The van der Waals surface area contributed by atoms with Gasteiger partial charge in [-0.05, 0) is 43.4 Å². The van der Waals surface area contributed by atoms with Crippen LogP contribution in [0.1, 0.15) is 408 Å². The van der Waals surface area contributed by atoms with Crippen LogP contribution in [0, 0.1) is 17.8 Å². The summed E-state index contributed by atoms with van der Waals surface area (Å²) in [5.41, 5.74) is 0. The average Bonchev–Trinajstić information content (AvgIpc) is 1.04. The van der Waals surface area contributed by atoms with Crippen molar-refractivity contribution in [1.29, 1.82) is 0 Å². The van der Waals surface area contributed by atoms with Crippen LogP contribution < -0.4 is 0 Å². The van der Waals surface area contributed by atoms with Gasteiger partial charge >= 0.3 is 39.5 Å². The number of hydrogen-bond donors (Lipinski definition) is 3. The number of hydrogen-bond acceptors (Lipinski definition) is 15. The fourth-order valence-electron chi connectivity index (χ4n) is 12.1. The molecule has 0 rings (SSSR count). The van der Waals surface area contributed by atoms with Crippen molar-refractivity contribution in [1.82, 2.24) is 0 Å². The Balaban J connectivity index is 5.19. The molecule has 17 nitrogen and oxygen atoms in total. The van der Waals surface area contributed by atoms with Crippen molar-refractivity contribution in [2.24, 2.45) is 17.8 Å². The molecule has 0 radical (unpaired) electrons. The first-order valence-corrected chi connectivity index (χ1v) is 43.9. The minimum absolute atomic E-state index is 0.102. The van der Waals surface area contributed by atoms with Gasteiger partial charge in [0, 0.05) is 25.7 Å². The summed E-state index contributed by atoms with van der Waals surface area (Å²) in [5, 5.41) is 10.6. The standard InChI is InChI=1S/C79H154O17P2/c1-8-11-12-13-14-15-16-17-18-19-20-21-22-23-24-25-28-32-35-38-48-55-62-78(83)95-74(66-89-76(81)60-53-46-37-34-31-29-26-27-30-33-36-43-50-57-70(4)5)68-93-97(85,86)91-64-73(80)65-92-98(87,88)94-69-75(96-79(84)63-56-49-42-40-45-52-59-72(7)10-3)67-90-77(82)61-54-47-41-39-44-51-58-71(6)9-2/h70-75,80H,8-69H2,1-7H3,(H,85,86)(H,87,88)/t71?,72?,73-,74-,75-/m1/s1. The van der Waals surface area contributed by atoms with Crippen molar-refractivity contribution in [2.75, 3.05) is 39.6 Å². The van der Waals surface area contributed by atoms with Crippen LogP contribution in [0.3, 0.4) is 0 Å². The van der Waals surface area contributed by atoms with Crippen LogP contribution in [0.15, 0.2) is 0 Å². The number of ether oxygens (including phenoxy) is 4. The lowest BCUT2D eigenvalue weighted by Gasteiger charge is -2.21. The van der Waals surface area contributed by atoms with E-state index in [1.54, 1.807) is 0 Å². The van der Waals surface area contributed by atoms with E-state index in [1.165, 1.54) is 212 Å². The van der Waals surface area contributed by atoms with Gasteiger partial charge in [0.15, 0.2) is 12.2 Å². The number of phosphoric ester groups is 2. The molecule has 582 valence electrons. The highest BCUT2D eigenvalue weighted by molar-refractivity contribution is 7.47. The highest BCUT2D eigenvalue weighted by atomic mass is 31.2. The SMILES string of the molecule is CCCCCCCCCCCCCCCCCCCCCCCCC(=O)O[C@H](COC(=O)CCCCCCCCCCCCCCCC(C)C)COP(=O)(O)OC[C@@H](O)COP(=O)(O)OC[C@@H](COC(=O)CCCCCCCCC(C)CC)OC(=O)CCCCCCCCC(C)CC. The van der Waals surface area contributed by atoms with Crippen LogP contribution in [0.5, 0.6) is 0 Å². The van der Waals surface area contributed by atoms with Crippen molar-refractivity contribution in [3.63, 3.8) is 0 Å². The molecule has 0 aliphatic rings. The summed E-state index contributed by atoms with van der Waals surface area (Å²) in [6.07, 6.45) is 57.2. The lowest BCUT2D eigenvalue weighted by molar-refractivity contribution is -0.161. The number of carbonyl (C=O) groups is 4. The summed E-state index contributed by atoms with van der Waals surface area (Å²) in [7, 11) is -9.92. The molecule has 0 heterocycles. The first-order chi connectivity index (χ1) is 47.3. The maximum Gasteiger partial charge on any atom is 0.472 e. The summed E-state index contributed by atoms with van der Waals surface area (Å²) < 4.78 is 68.6. The zero-order chi connectivity index (χ0) is 72.3. The van der Waals surface area contributed by atoms with E-state index in [1.807, 2.05) is 0 Å². The Kier molecular flexibility index (Phi) is 68.1. The van der Waals surface area contributed by atoms with Gasteiger partial charge < -0.3 is 33.8 Å². The maximum atomic E-state index is 13.1. The van der Waals surface area contributed by atoms with E-state index in [4.69, 9.17) is 37.0 Å². The molecular formula is C79H154O17P2. The molecule has 0 amide bonds. The number of carbonyl (C=O) groups excluding carboxylic acids is 4. The van der Waals surface area contributed by atoms with E-state index >= 15 is 0 Å². The largest absolute Gasteiger partial charge is 0.472 e. The number of esters is 4. The van der Waals surface area contributed by atoms with Gasteiger partial charge in [0.25, 0.3) is 0 Å². The number of rotatable bonds is 77. The molecule has 0 aliphatic heterocycles. The van der Waals surface area contributed by atoms with Gasteiger partial charge in [-0.25, -0.2) is 9.13 Å². The number of aliphatic hydroxyl groups excluding tert-OH is 1. The molecule has 0 saturated heterocycles. The Morgan fingerprint density at radius 1 is 0.296 bits per heavy atom. The summed E-state index contributed by atoms with van der Waals surface area (Å²) in [6, 6.07) is 0. The van der Waals surface area contributed by atoms with Crippen molar-refractivity contribution in [2.45, 2.75) is 426 Å². The predicted octanol–water partition coefficient (Wildman–Crippen LogP) is 23.4. The number of aliphatic hydroxyl groups is 1. The van der Waals surface area contributed by atoms with E-state index in [0.717, 1.165) is 114 Å². The Hall–Kier alpha value is -1.94. The van der Waals surface area contributed by atoms with Gasteiger partial charge in [0.1, 0.15) is 19.3 Å². The van der Waals surface area contributed by atoms with E-state index in [2.05, 4.69) is 48.5 Å². The Labute approximate surface area is 600 Å². The summed E-state index contributed by atoms with van der Waals surface area (Å²) in [6.45, 7) is 11.8. The molecule has 19 heteroatoms. The van der Waals surface area contributed by atoms with E-state index < -0.39 is 97.5 Å². The molecule has 0 saturated carbocycles. The topological polar surface area (TPSA) is 237 Å². The van der Waals surface area contributed by atoms with Gasteiger partial charge in [0.2, 0.25) is 0 Å². The lowest BCUT2D eigenvalue weighted by Crippen LogP contribution is -2.30. The quantitative estimate of drug-likeness (QED) is 0.0222. The maximum absolute atomic E-state index is 13.1. The van der Waals surface area contributed by atoms with Crippen molar-refractivity contribution in [3.05, 3.63) is 0 Å². The predicted molar refractivity (Wildman–Crippen MR) is 400 cm³/mol. The molecule has 98 heavy (non-hydrogen) atoms. The molecule has 0 aromatic heterocycles. The van der Waals surface area contributed by atoms with Crippen molar-refractivity contribution < 1.29 is 80.2 Å². The van der Waals surface area contributed by atoms with Gasteiger partial charge in [0.05, 0.1) is 26.4 Å². The molecule has 7 atom stereocenters. The van der Waals surface area contributed by atoms with Crippen LogP contribution in [-0.4, -0.2) is 96.7 Å². The Morgan fingerprint density at radius 2 is 0.520 bits per heavy atom. The third-order valence-electron chi connectivity index (χ3n) is 19.1. The van der Waals surface area contributed by atoms with Gasteiger partial charge in [-0.15, -0.1) is 0 Å². The zero-order valence-corrected chi connectivity index (χ0v) is 66.0. The second kappa shape index (κ2) is 69.4. The van der Waals surface area contributed by atoms with Crippen molar-refractivity contribution in [3.8, 4) is 0 Å². The van der Waals surface area contributed by atoms with Crippen LogP contribution in [-0.2, 0) is 65.4 Å². The molecule has 4 unspecified atom stereocenters. The fraction of sp³-hybridized carbons (Fsp3) is 0.949. The third-order valence-corrected chi connectivity index (χ3v) is 21.0. The minimum Gasteiger partial charge on any atom is -0.462 e. The molecule has 0 aromatic carbocycles. The van der Waals surface area contributed by atoms with E-state index in [0.29, 0.717) is 25.7 Å². The zero-order valence-electron chi connectivity index (χ0n) is 64.3. The fourth-order valence-corrected chi connectivity index (χ4v) is 13.6. The molecule has 0 aliphatic carbocycles. The van der Waals surface area contributed by atoms with Crippen LogP contribution in [0.2, 0.25) is 0 Å². The molecule has 0 fully saturated rings. The monoisotopic (exact) mass is 1440 g/mol. The summed E-state index contributed by atoms with van der Waals surface area (Å²) in [4.78, 5) is 72.9. The van der Waals surface area contributed by atoms with Crippen LogP contribution in [0.25, 0.3) is 0 Å². The van der Waals surface area contributed by atoms with Gasteiger partial charge in [-0.3, -0.25) is 37.3 Å². The van der Waals surface area contributed by atoms with Crippen LogP contribution >= 0.6 is 15.6 Å². The molecule has 0 aromatic rings. The molecule has 3 N–H and O–H groups in total. The first-order valence-electron chi connectivity index (χ1n) is 40.9. The number of phosphoric acid groups is 2. The normalized spacial score (nSPS) is 14.6. The van der Waals surface area contributed by atoms with Crippen molar-refractivity contribution >= 4 is 39.5 Å². The number of unbranched alkanes of at least 4 members (excludes halogenated alkanes) is 43. The van der Waals surface area contributed by atoms with E-state index in [9.17, 15) is 43.2 Å². The summed E-state index contributed by atoms with van der Waals surface area (Å²) in [5.74, 6) is 0.122. The Bertz CT molecular complexity index is 1910. The van der Waals surface area contributed by atoms with Gasteiger partial charge in [-0.2, -0.15) is 0 Å². The second-order valence-corrected chi connectivity index (χ2v) is 32.3. The molecule has 0 spiro atoms. The highest BCUT2D eigenvalue weighted by Crippen LogP contribution is 2.45. The second-order valence-electron chi connectivity index (χ2n) is 29.4. The summed E-state index contributed by atoms with van der Waals surface area (Å²) >= 11 is 0. The van der Waals surface area contributed by atoms with E-state index in [-0.39, 0.29) is 25.7 Å². The highest BCUT2D eigenvalue weighted by Gasteiger charge is 2.30.